The van der Waals surface area contributed by atoms with Gasteiger partial charge in [0.25, 0.3) is 0 Å². The number of hydrogen-bond acceptors (Lipinski definition) is 6. The maximum Gasteiger partial charge on any atom is 0.214 e. The number of aromatic nitrogens is 4. The van der Waals surface area contributed by atoms with Gasteiger partial charge in [-0.25, -0.2) is 9.77 Å². The van der Waals surface area contributed by atoms with Crippen LogP contribution < -0.4 is 14.9 Å². The first-order valence-corrected chi connectivity index (χ1v) is 10.8. The minimum absolute atomic E-state index is 0.295. The maximum absolute atomic E-state index is 6.23. The van der Waals surface area contributed by atoms with Gasteiger partial charge >= 0.3 is 0 Å². The fourth-order valence-corrected chi connectivity index (χ4v) is 3.70. The van der Waals surface area contributed by atoms with Gasteiger partial charge in [-0.3, -0.25) is 4.98 Å². The van der Waals surface area contributed by atoms with Crippen LogP contribution in [0.1, 0.15) is 11.1 Å². The molecule has 4 aromatic rings. The Kier molecular flexibility index (Phi) is 6.94. The topological polar surface area (TPSA) is 77.0 Å². The molecular weight excluding hydrogens is 469 g/mol. The second-order valence-electron chi connectivity index (χ2n) is 6.77. The predicted octanol–water partition coefficient (Wildman–Crippen LogP) is 5.64. The Morgan fingerprint density at radius 1 is 1.06 bits per heavy atom. The van der Waals surface area contributed by atoms with Crippen LogP contribution in [-0.2, 0) is 13.2 Å². The molecule has 7 nitrogen and oxygen atoms in total. The summed E-state index contributed by atoms with van der Waals surface area (Å²) >= 11 is 17.5. The molecule has 2 heterocycles. The third-order valence-corrected chi connectivity index (χ3v) is 5.54. The molecular formula is C22H19Cl2N5O2S. The molecule has 0 aliphatic carbocycles. The highest BCUT2D eigenvalue weighted by Gasteiger charge is 2.11. The van der Waals surface area contributed by atoms with Crippen LogP contribution >= 0.6 is 35.4 Å². The average molecular weight is 488 g/mol. The first kappa shape index (κ1) is 22.1. The summed E-state index contributed by atoms with van der Waals surface area (Å²) in [5.41, 5.74) is 5.99. The Morgan fingerprint density at radius 3 is 2.62 bits per heavy atom. The van der Waals surface area contributed by atoms with E-state index in [1.807, 2.05) is 36.4 Å². The SMILES string of the molecule is COc1cc(CNn2c(-c3ccncc3)n[nH]c2=S)ccc1OCc1ccc(Cl)cc1Cl. The number of halogens is 2. The number of benzene rings is 2. The largest absolute Gasteiger partial charge is 0.493 e. The first-order valence-electron chi connectivity index (χ1n) is 9.60. The summed E-state index contributed by atoms with van der Waals surface area (Å²) in [6.45, 7) is 0.787. The fraction of sp³-hybridized carbons (Fsp3) is 0.136. The van der Waals surface area contributed by atoms with E-state index in [0.29, 0.717) is 45.3 Å². The van der Waals surface area contributed by atoms with Crippen LogP contribution in [0.4, 0.5) is 0 Å². The van der Waals surface area contributed by atoms with Crippen LogP contribution in [0.15, 0.2) is 60.9 Å². The van der Waals surface area contributed by atoms with Gasteiger partial charge in [-0.2, -0.15) is 5.10 Å². The molecule has 0 spiro atoms. The lowest BCUT2D eigenvalue weighted by Gasteiger charge is -2.14. The molecule has 10 heteroatoms. The van der Waals surface area contributed by atoms with Gasteiger partial charge in [-0.05, 0) is 54.2 Å². The lowest BCUT2D eigenvalue weighted by molar-refractivity contribution is 0.284. The number of rotatable bonds is 8. The summed E-state index contributed by atoms with van der Waals surface area (Å²) in [6.07, 6.45) is 3.41. The number of aromatic amines is 1. The van der Waals surface area contributed by atoms with Gasteiger partial charge in [0.2, 0.25) is 4.77 Å². The van der Waals surface area contributed by atoms with Crippen molar-refractivity contribution in [2.45, 2.75) is 13.2 Å². The van der Waals surface area contributed by atoms with Crippen LogP contribution in [-0.4, -0.2) is 27.0 Å². The van der Waals surface area contributed by atoms with E-state index in [-0.39, 0.29) is 0 Å². The quantitative estimate of drug-likeness (QED) is 0.313. The lowest BCUT2D eigenvalue weighted by Crippen LogP contribution is -2.16. The van der Waals surface area contributed by atoms with Crippen LogP contribution in [0.2, 0.25) is 10.0 Å². The second-order valence-corrected chi connectivity index (χ2v) is 8.00. The molecule has 2 aromatic heterocycles. The Balaban J connectivity index is 1.47. The van der Waals surface area contributed by atoms with Gasteiger partial charge in [0, 0.05) is 33.6 Å². The van der Waals surface area contributed by atoms with Gasteiger partial charge in [-0.1, -0.05) is 35.3 Å². The van der Waals surface area contributed by atoms with Gasteiger partial charge in [0.05, 0.1) is 13.7 Å². The van der Waals surface area contributed by atoms with Gasteiger partial charge < -0.3 is 14.9 Å². The van der Waals surface area contributed by atoms with Crippen molar-refractivity contribution in [1.29, 1.82) is 0 Å². The molecule has 0 amide bonds. The average Bonchev–Trinajstić information content (AvgIpc) is 3.18. The molecule has 164 valence electrons. The van der Waals surface area contributed by atoms with Crippen molar-refractivity contribution >= 4 is 35.4 Å². The highest BCUT2D eigenvalue weighted by molar-refractivity contribution is 7.71. The number of methoxy groups -OCH3 is 1. The van der Waals surface area contributed by atoms with Crippen LogP contribution in [0, 0.1) is 4.77 Å². The van der Waals surface area contributed by atoms with Crippen LogP contribution in [0.25, 0.3) is 11.4 Å². The van der Waals surface area contributed by atoms with Crippen LogP contribution in [0.3, 0.4) is 0 Å². The molecule has 0 atom stereocenters. The van der Waals surface area contributed by atoms with Crippen molar-refractivity contribution in [3.63, 3.8) is 0 Å². The predicted molar refractivity (Wildman–Crippen MR) is 127 cm³/mol. The molecule has 0 saturated carbocycles. The van der Waals surface area contributed by atoms with Gasteiger partial charge in [0.15, 0.2) is 17.3 Å². The van der Waals surface area contributed by atoms with Gasteiger partial charge in [-0.15, -0.1) is 0 Å². The third-order valence-electron chi connectivity index (χ3n) is 4.68. The van der Waals surface area contributed by atoms with E-state index in [0.717, 1.165) is 16.7 Å². The number of nitrogens with one attached hydrogen (secondary N) is 2. The van der Waals surface area contributed by atoms with Gasteiger partial charge in [0.1, 0.15) is 6.61 Å². The van der Waals surface area contributed by atoms with Crippen molar-refractivity contribution < 1.29 is 9.47 Å². The summed E-state index contributed by atoms with van der Waals surface area (Å²) in [7, 11) is 1.60. The number of H-pyrrole nitrogens is 1. The Morgan fingerprint density at radius 2 is 1.88 bits per heavy atom. The number of pyridine rings is 1. The molecule has 0 aliphatic rings. The highest BCUT2D eigenvalue weighted by atomic mass is 35.5. The maximum atomic E-state index is 6.23. The first-order chi connectivity index (χ1) is 15.5. The van der Waals surface area contributed by atoms with Crippen molar-refractivity contribution in [2.75, 3.05) is 12.5 Å². The smallest absolute Gasteiger partial charge is 0.214 e. The normalized spacial score (nSPS) is 10.7. The summed E-state index contributed by atoms with van der Waals surface area (Å²) < 4.78 is 13.6. The molecule has 0 fully saturated rings. The van der Waals surface area contributed by atoms with Crippen molar-refractivity contribution in [1.82, 2.24) is 19.9 Å². The second kappa shape index (κ2) is 10.0. The van der Waals surface area contributed by atoms with Crippen molar-refractivity contribution in [2.24, 2.45) is 0 Å². The minimum Gasteiger partial charge on any atom is -0.493 e. The molecule has 0 bridgehead atoms. The van der Waals surface area contributed by atoms with Crippen molar-refractivity contribution in [3.05, 3.63) is 86.9 Å². The zero-order valence-corrected chi connectivity index (χ0v) is 19.3. The summed E-state index contributed by atoms with van der Waals surface area (Å²) in [4.78, 5) is 4.04. The van der Waals surface area contributed by atoms with E-state index >= 15 is 0 Å². The molecule has 0 aliphatic heterocycles. The van der Waals surface area contributed by atoms with E-state index in [4.69, 9.17) is 44.9 Å². The van der Waals surface area contributed by atoms with E-state index in [1.54, 1.807) is 36.3 Å². The standard InChI is InChI=1S/C22H19Cl2N5O2S/c1-30-20-10-14(2-5-19(20)31-13-16-3-4-17(23)11-18(16)24)12-26-29-21(27-28-22(29)32)15-6-8-25-9-7-15/h2-11,26H,12-13H2,1H3,(H,28,32). The zero-order chi connectivity index (χ0) is 22.5. The third kappa shape index (κ3) is 5.04. The van der Waals surface area contributed by atoms with E-state index in [1.165, 1.54) is 0 Å². The summed E-state index contributed by atoms with van der Waals surface area (Å²) in [6, 6.07) is 14.7. The lowest BCUT2D eigenvalue weighted by atomic mass is 10.2. The molecule has 0 unspecified atom stereocenters. The molecule has 0 radical (unpaired) electrons. The minimum atomic E-state index is 0.295. The van der Waals surface area contributed by atoms with E-state index < -0.39 is 0 Å². The Hall–Kier alpha value is -3.07. The molecule has 2 aromatic carbocycles. The summed E-state index contributed by atoms with van der Waals surface area (Å²) in [5.74, 6) is 1.89. The van der Waals surface area contributed by atoms with E-state index in [9.17, 15) is 0 Å². The fourth-order valence-electron chi connectivity index (χ4n) is 3.04. The Bertz CT molecular complexity index is 1280. The highest BCUT2D eigenvalue weighted by Crippen LogP contribution is 2.30. The monoisotopic (exact) mass is 487 g/mol. The molecule has 4 rings (SSSR count). The molecule has 32 heavy (non-hydrogen) atoms. The van der Waals surface area contributed by atoms with E-state index in [2.05, 4.69) is 20.6 Å². The van der Waals surface area contributed by atoms with Crippen LogP contribution in [0.5, 0.6) is 11.5 Å². The number of nitrogens with zero attached hydrogens (tertiary/aromatic N) is 3. The zero-order valence-electron chi connectivity index (χ0n) is 17.0. The number of ether oxygens (including phenoxy) is 2. The number of hydrogen-bond donors (Lipinski definition) is 2. The molecule has 0 saturated heterocycles. The Labute approximate surface area is 199 Å². The van der Waals surface area contributed by atoms with Crippen molar-refractivity contribution in [3.8, 4) is 22.9 Å². The summed E-state index contributed by atoms with van der Waals surface area (Å²) in [5, 5.41) is 8.25. The molecule has 2 N–H and O–H groups in total.